The third-order valence-electron chi connectivity index (χ3n) is 6.95. The first-order valence-electron chi connectivity index (χ1n) is 12.5. The number of piperazine rings is 1. The van der Waals surface area contributed by atoms with E-state index in [2.05, 4.69) is 44.6 Å². The minimum Gasteiger partial charge on any atom is -0.375 e. The van der Waals surface area contributed by atoms with Gasteiger partial charge in [-0.05, 0) is 55.5 Å². The normalized spacial score (nSPS) is 20.4. The van der Waals surface area contributed by atoms with Crippen molar-refractivity contribution in [3.63, 3.8) is 0 Å². The van der Waals surface area contributed by atoms with Crippen LogP contribution in [0, 0.1) is 0 Å². The van der Waals surface area contributed by atoms with Crippen LogP contribution >= 0.6 is 23.1 Å². The van der Waals surface area contributed by atoms with Gasteiger partial charge in [0.1, 0.15) is 5.56 Å². The van der Waals surface area contributed by atoms with Crippen molar-refractivity contribution in [3.05, 3.63) is 46.5 Å². The van der Waals surface area contributed by atoms with Crippen molar-refractivity contribution < 1.29 is 17.9 Å². The van der Waals surface area contributed by atoms with Crippen molar-refractivity contribution >= 4 is 40.4 Å². The third-order valence-corrected chi connectivity index (χ3v) is 9.24. The molecule has 1 atom stereocenters. The fourth-order valence-electron chi connectivity index (χ4n) is 4.88. The Labute approximate surface area is 222 Å². The second-order valence-electron chi connectivity index (χ2n) is 9.67. The predicted octanol–water partition coefficient (Wildman–Crippen LogP) is 6.27. The zero-order valence-electron chi connectivity index (χ0n) is 20.4. The standard InChI is InChI=1S/C26H28F3N5OS2/c1-15-12-30-6-7-34(15)17-4-5-20(18(10-17)16-2-3-16)32-25-31-13-19(26(27,28)29)24(33-25)22-11-21-23(37-22)14-35-8-9-36-21/h4-5,10-11,13,15-16,30H,2-3,6-9,12,14H2,1H3,(H,31,32,33). The molecule has 1 aromatic carbocycles. The summed E-state index contributed by atoms with van der Waals surface area (Å²) in [6.45, 7) is 6.08. The van der Waals surface area contributed by atoms with Crippen LogP contribution in [0.3, 0.4) is 0 Å². The van der Waals surface area contributed by atoms with Crippen LogP contribution in [-0.4, -0.2) is 48.0 Å². The number of rotatable bonds is 5. The molecule has 0 bridgehead atoms. The van der Waals surface area contributed by atoms with Crippen molar-refractivity contribution in [2.24, 2.45) is 0 Å². The summed E-state index contributed by atoms with van der Waals surface area (Å²) in [5, 5.41) is 6.67. The number of halogens is 3. The molecular weight excluding hydrogens is 519 g/mol. The van der Waals surface area contributed by atoms with E-state index in [-0.39, 0.29) is 11.6 Å². The number of anilines is 3. The lowest BCUT2D eigenvalue weighted by Gasteiger charge is -2.36. The number of aromatic nitrogens is 2. The van der Waals surface area contributed by atoms with E-state index in [0.717, 1.165) is 59.9 Å². The van der Waals surface area contributed by atoms with Gasteiger partial charge in [-0.25, -0.2) is 9.97 Å². The van der Waals surface area contributed by atoms with E-state index in [1.54, 1.807) is 17.8 Å². The number of benzene rings is 1. The summed E-state index contributed by atoms with van der Waals surface area (Å²) in [6.07, 6.45) is -1.45. The monoisotopic (exact) mass is 547 g/mol. The molecule has 3 aromatic rings. The summed E-state index contributed by atoms with van der Waals surface area (Å²) >= 11 is 2.92. The van der Waals surface area contributed by atoms with E-state index in [9.17, 15) is 13.2 Å². The number of fused-ring (bicyclic) bond motifs is 1. The quantitative estimate of drug-likeness (QED) is 0.391. The fourth-order valence-corrected chi connectivity index (χ4v) is 7.10. The minimum atomic E-state index is -4.56. The maximum absolute atomic E-state index is 13.9. The average molecular weight is 548 g/mol. The van der Waals surface area contributed by atoms with Crippen LogP contribution in [0.1, 0.15) is 41.7 Å². The van der Waals surface area contributed by atoms with Crippen LogP contribution in [0.25, 0.3) is 10.6 Å². The molecule has 2 fully saturated rings. The molecule has 0 radical (unpaired) electrons. The predicted molar refractivity (Wildman–Crippen MR) is 142 cm³/mol. The van der Waals surface area contributed by atoms with Crippen LogP contribution in [-0.2, 0) is 17.5 Å². The van der Waals surface area contributed by atoms with Crippen molar-refractivity contribution in [2.75, 3.05) is 42.2 Å². The van der Waals surface area contributed by atoms with Crippen molar-refractivity contribution in [2.45, 2.75) is 49.4 Å². The molecule has 1 saturated carbocycles. The Bertz CT molecular complexity index is 1270. The third kappa shape index (κ3) is 5.32. The van der Waals surface area contributed by atoms with E-state index < -0.39 is 11.7 Å². The van der Waals surface area contributed by atoms with Crippen LogP contribution in [0.15, 0.2) is 35.4 Å². The Kier molecular flexibility index (Phi) is 6.81. The summed E-state index contributed by atoms with van der Waals surface area (Å²) in [7, 11) is 0. The molecule has 6 rings (SSSR count). The molecule has 0 amide bonds. The molecule has 2 aliphatic heterocycles. The largest absolute Gasteiger partial charge is 0.420 e. The number of thiophene rings is 1. The molecule has 4 heterocycles. The fraction of sp³-hybridized carbons (Fsp3) is 0.462. The highest BCUT2D eigenvalue weighted by Crippen LogP contribution is 2.46. The first-order valence-corrected chi connectivity index (χ1v) is 14.3. The van der Waals surface area contributed by atoms with E-state index >= 15 is 0 Å². The molecule has 1 aliphatic carbocycles. The maximum atomic E-state index is 13.9. The molecular formula is C26H28F3N5OS2. The summed E-state index contributed by atoms with van der Waals surface area (Å²) in [5.41, 5.74) is 2.28. The molecule has 1 unspecified atom stereocenters. The first kappa shape index (κ1) is 25.0. The van der Waals surface area contributed by atoms with E-state index in [4.69, 9.17) is 4.74 Å². The molecule has 0 spiro atoms. The Morgan fingerprint density at radius 2 is 2.08 bits per heavy atom. The number of hydrogen-bond donors (Lipinski definition) is 2. The zero-order chi connectivity index (χ0) is 25.6. The van der Waals surface area contributed by atoms with E-state index in [0.29, 0.717) is 30.1 Å². The number of nitrogens with zero attached hydrogens (tertiary/aromatic N) is 3. The molecule has 196 valence electrons. The van der Waals surface area contributed by atoms with Gasteiger partial charge in [0.2, 0.25) is 5.95 Å². The Hall–Kier alpha value is -2.34. The SMILES string of the molecule is CC1CNCCN1c1ccc(Nc2ncc(C(F)(F)F)c(-c3cc4c(s3)COCCS4)n2)c(C2CC2)c1. The highest BCUT2D eigenvalue weighted by Gasteiger charge is 2.36. The number of thioether (sulfide) groups is 1. The van der Waals surface area contributed by atoms with Crippen LogP contribution in [0.2, 0.25) is 0 Å². The van der Waals surface area contributed by atoms with Gasteiger partial charge in [-0.3, -0.25) is 0 Å². The number of nitrogens with one attached hydrogen (secondary N) is 2. The topological polar surface area (TPSA) is 62.3 Å². The molecule has 6 nitrogen and oxygen atoms in total. The van der Waals surface area contributed by atoms with Crippen molar-refractivity contribution in [1.29, 1.82) is 0 Å². The van der Waals surface area contributed by atoms with Gasteiger partial charge in [-0.2, -0.15) is 13.2 Å². The second-order valence-corrected chi connectivity index (χ2v) is 11.9. The Balaban J connectivity index is 1.34. The molecule has 11 heteroatoms. The van der Waals surface area contributed by atoms with Crippen molar-refractivity contribution in [1.82, 2.24) is 15.3 Å². The Morgan fingerprint density at radius 1 is 1.22 bits per heavy atom. The first-order chi connectivity index (χ1) is 17.9. The highest BCUT2D eigenvalue weighted by molar-refractivity contribution is 7.99. The van der Waals surface area contributed by atoms with Crippen LogP contribution < -0.4 is 15.5 Å². The average Bonchev–Trinajstić information content (AvgIpc) is 3.68. The lowest BCUT2D eigenvalue weighted by atomic mass is 10.1. The van der Waals surface area contributed by atoms with E-state index in [1.165, 1.54) is 22.6 Å². The molecule has 2 N–H and O–H groups in total. The van der Waals surface area contributed by atoms with Gasteiger partial charge in [0.15, 0.2) is 0 Å². The van der Waals surface area contributed by atoms with Gasteiger partial charge in [0, 0.05) is 58.8 Å². The molecule has 3 aliphatic rings. The summed E-state index contributed by atoms with van der Waals surface area (Å²) < 4.78 is 47.4. The smallest absolute Gasteiger partial charge is 0.375 e. The maximum Gasteiger partial charge on any atom is 0.420 e. The van der Waals surface area contributed by atoms with Gasteiger partial charge in [0.25, 0.3) is 0 Å². The van der Waals surface area contributed by atoms with Gasteiger partial charge in [-0.1, -0.05) is 0 Å². The summed E-state index contributed by atoms with van der Waals surface area (Å²) in [4.78, 5) is 13.3. The lowest BCUT2D eigenvalue weighted by Crippen LogP contribution is -2.49. The van der Waals surface area contributed by atoms with E-state index in [1.807, 2.05) is 6.07 Å². The number of hydrogen-bond acceptors (Lipinski definition) is 8. The van der Waals surface area contributed by atoms with Gasteiger partial charge in [0.05, 0.1) is 23.8 Å². The summed E-state index contributed by atoms with van der Waals surface area (Å²) in [5.74, 6) is 1.39. The van der Waals surface area contributed by atoms with Crippen LogP contribution in [0.5, 0.6) is 0 Å². The molecule has 37 heavy (non-hydrogen) atoms. The lowest BCUT2D eigenvalue weighted by molar-refractivity contribution is -0.137. The Morgan fingerprint density at radius 3 is 2.86 bits per heavy atom. The zero-order valence-corrected chi connectivity index (χ0v) is 22.0. The number of ether oxygens (including phenoxy) is 1. The number of alkyl halides is 3. The van der Waals surface area contributed by atoms with Gasteiger partial charge in [-0.15, -0.1) is 23.1 Å². The highest BCUT2D eigenvalue weighted by atomic mass is 32.2. The van der Waals surface area contributed by atoms with Crippen LogP contribution in [0.4, 0.5) is 30.5 Å². The van der Waals surface area contributed by atoms with Gasteiger partial charge < -0.3 is 20.3 Å². The minimum absolute atomic E-state index is 0.0945. The van der Waals surface area contributed by atoms with Crippen molar-refractivity contribution in [3.8, 4) is 10.6 Å². The van der Waals surface area contributed by atoms with Gasteiger partial charge >= 0.3 is 6.18 Å². The summed E-state index contributed by atoms with van der Waals surface area (Å²) in [6, 6.07) is 8.51. The second kappa shape index (κ2) is 10.1. The molecule has 2 aromatic heterocycles. The molecule has 1 saturated heterocycles.